The van der Waals surface area contributed by atoms with Crippen LogP contribution >= 0.6 is 0 Å². The van der Waals surface area contributed by atoms with Gasteiger partial charge < -0.3 is 35.0 Å². The van der Waals surface area contributed by atoms with Gasteiger partial charge in [-0.05, 0) is 74.3 Å². The average Bonchev–Trinajstić information content (AvgIpc) is 3.09. The lowest BCUT2D eigenvalue weighted by Crippen LogP contribution is -2.48. The zero-order valence-corrected chi connectivity index (χ0v) is 25.4. The summed E-state index contributed by atoms with van der Waals surface area (Å²) in [6.07, 6.45) is 3.50. The van der Waals surface area contributed by atoms with Crippen molar-refractivity contribution in [3.05, 3.63) is 54.1 Å². The summed E-state index contributed by atoms with van der Waals surface area (Å²) in [4.78, 5) is 48.7. The average molecular weight is 600 g/mol. The Bertz CT molecular complexity index is 1380. The van der Waals surface area contributed by atoms with Gasteiger partial charge in [-0.25, -0.2) is 4.79 Å². The summed E-state index contributed by atoms with van der Waals surface area (Å²) in [7, 11) is 0. The SMILES string of the molecule is CCN1CCN(C(=O)c2ccc(NC(=O)Nc3ccc(-c4nc(N5CCCCC5)nc(N5CCOCC5)n4)cc3)cc2)CC1. The van der Waals surface area contributed by atoms with Crippen molar-refractivity contribution in [3.63, 3.8) is 0 Å². The molecule has 44 heavy (non-hydrogen) atoms. The molecule has 232 valence electrons. The van der Waals surface area contributed by atoms with Crippen LogP contribution in [0.4, 0.5) is 28.1 Å². The van der Waals surface area contributed by atoms with Gasteiger partial charge in [0.1, 0.15) is 0 Å². The van der Waals surface area contributed by atoms with Crippen molar-refractivity contribution >= 4 is 35.2 Å². The normalized spacial score (nSPS) is 17.8. The molecule has 0 atom stereocenters. The molecule has 3 aromatic rings. The van der Waals surface area contributed by atoms with Gasteiger partial charge in [0.05, 0.1) is 13.2 Å². The molecule has 12 nitrogen and oxygen atoms in total. The minimum atomic E-state index is -0.366. The van der Waals surface area contributed by atoms with E-state index in [1.807, 2.05) is 29.2 Å². The Labute approximate surface area is 258 Å². The Kier molecular flexibility index (Phi) is 9.47. The maximum absolute atomic E-state index is 12.9. The number of amides is 3. The molecule has 2 N–H and O–H groups in total. The second-order valence-corrected chi connectivity index (χ2v) is 11.4. The van der Waals surface area contributed by atoms with Crippen LogP contribution in [0.3, 0.4) is 0 Å². The minimum absolute atomic E-state index is 0.0233. The predicted octanol–water partition coefficient (Wildman–Crippen LogP) is 3.79. The quantitative estimate of drug-likeness (QED) is 0.418. The van der Waals surface area contributed by atoms with Gasteiger partial charge >= 0.3 is 6.03 Å². The van der Waals surface area contributed by atoms with E-state index >= 15 is 0 Å². The van der Waals surface area contributed by atoms with Crippen LogP contribution in [0, 0.1) is 0 Å². The number of likely N-dealkylation sites (N-methyl/N-ethyl adjacent to an activating group) is 1. The van der Waals surface area contributed by atoms with E-state index in [9.17, 15) is 9.59 Å². The summed E-state index contributed by atoms with van der Waals surface area (Å²) in [5.41, 5.74) is 2.72. The van der Waals surface area contributed by atoms with Gasteiger partial charge in [-0.2, -0.15) is 15.0 Å². The number of rotatable bonds is 7. The third-order valence-electron chi connectivity index (χ3n) is 8.44. The molecule has 3 amide bonds. The number of nitrogens with zero attached hydrogens (tertiary/aromatic N) is 7. The number of hydrogen-bond acceptors (Lipinski definition) is 9. The van der Waals surface area contributed by atoms with E-state index in [4.69, 9.17) is 19.7 Å². The monoisotopic (exact) mass is 599 g/mol. The fourth-order valence-corrected chi connectivity index (χ4v) is 5.77. The van der Waals surface area contributed by atoms with Crippen molar-refractivity contribution < 1.29 is 14.3 Å². The van der Waals surface area contributed by atoms with Gasteiger partial charge in [-0.15, -0.1) is 0 Å². The zero-order chi connectivity index (χ0) is 30.3. The summed E-state index contributed by atoms with van der Waals surface area (Å²) < 4.78 is 5.53. The van der Waals surface area contributed by atoms with Crippen molar-refractivity contribution in [2.75, 3.05) is 92.5 Å². The Morgan fingerprint density at radius 2 is 1.27 bits per heavy atom. The van der Waals surface area contributed by atoms with Gasteiger partial charge in [0.2, 0.25) is 11.9 Å². The molecule has 3 aliphatic rings. The number of nitrogens with one attached hydrogen (secondary N) is 2. The van der Waals surface area contributed by atoms with Crippen LogP contribution in [0.5, 0.6) is 0 Å². The van der Waals surface area contributed by atoms with Gasteiger partial charge in [0.15, 0.2) is 5.82 Å². The van der Waals surface area contributed by atoms with Crippen LogP contribution in [0.1, 0.15) is 36.5 Å². The molecule has 0 aliphatic carbocycles. The van der Waals surface area contributed by atoms with Gasteiger partial charge in [-0.1, -0.05) is 6.92 Å². The topological polar surface area (TPSA) is 119 Å². The number of urea groups is 1. The van der Waals surface area contributed by atoms with Crippen LogP contribution in [-0.4, -0.2) is 109 Å². The Balaban J connectivity index is 1.08. The van der Waals surface area contributed by atoms with Crippen LogP contribution in [0.25, 0.3) is 11.4 Å². The van der Waals surface area contributed by atoms with E-state index in [2.05, 4.69) is 32.3 Å². The zero-order valence-electron chi connectivity index (χ0n) is 25.4. The van der Waals surface area contributed by atoms with E-state index in [-0.39, 0.29) is 11.9 Å². The molecule has 0 spiro atoms. The van der Waals surface area contributed by atoms with E-state index in [0.29, 0.717) is 47.9 Å². The van der Waals surface area contributed by atoms with E-state index < -0.39 is 0 Å². The molecule has 3 fully saturated rings. The standard InChI is InChI=1S/C32H41N9O3/c1-2-38-16-18-39(19-17-38)29(42)25-8-12-27(13-9-25)34-32(43)33-26-10-6-24(7-11-26)28-35-30(40-14-4-3-5-15-40)37-31(36-28)41-20-22-44-23-21-41/h6-13H,2-5,14-23H2,1H3,(H2,33,34,43). The number of ether oxygens (including phenoxy) is 1. The van der Waals surface area contributed by atoms with Crippen LogP contribution in [-0.2, 0) is 4.74 Å². The first-order chi connectivity index (χ1) is 21.6. The Morgan fingerprint density at radius 3 is 1.86 bits per heavy atom. The molecule has 4 heterocycles. The summed E-state index contributed by atoms with van der Waals surface area (Å²) in [5, 5.41) is 5.73. The first-order valence-corrected chi connectivity index (χ1v) is 15.7. The first-order valence-electron chi connectivity index (χ1n) is 15.7. The third-order valence-corrected chi connectivity index (χ3v) is 8.44. The van der Waals surface area contributed by atoms with Crippen molar-refractivity contribution in [2.45, 2.75) is 26.2 Å². The molecule has 0 unspecified atom stereocenters. The lowest BCUT2D eigenvalue weighted by Gasteiger charge is -2.34. The van der Waals surface area contributed by atoms with E-state index in [0.717, 1.165) is 77.3 Å². The number of anilines is 4. The summed E-state index contributed by atoms with van der Waals surface area (Å²) in [6, 6.07) is 14.2. The second-order valence-electron chi connectivity index (χ2n) is 11.4. The number of aromatic nitrogens is 3. The van der Waals surface area contributed by atoms with E-state index in [1.165, 1.54) is 6.42 Å². The smallest absolute Gasteiger partial charge is 0.323 e. The number of hydrogen-bond donors (Lipinski definition) is 2. The lowest BCUT2D eigenvalue weighted by atomic mass is 10.1. The number of piperazine rings is 1. The Hall–Kier alpha value is -4.29. The van der Waals surface area contributed by atoms with Crippen LogP contribution in [0.2, 0.25) is 0 Å². The molecule has 0 saturated carbocycles. The molecule has 0 bridgehead atoms. The summed E-state index contributed by atoms with van der Waals surface area (Å²) in [5.74, 6) is 2.02. The lowest BCUT2D eigenvalue weighted by molar-refractivity contribution is 0.0643. The first kappa shape index (κ1) is 29.8. The number of carbonyl (C=O) groups excluding carboxylic acids is 2. The van der Waals surface area contributed by atoms with Crippen LogP contribution in [0.15, 0.2) is 48.5 Å². The highest BCUT2D eigenvalue weighted by Crippen LogP contribution is 2.25. The maximum atomic E-state index is 12.9. The number of benzene rings is 2. The molecular formula is C32H41N9O3. The van der Waals surface area contributed by atoms with Crippen molar-refractivity contribution in [2.24, 2.45) is 0 Å². The number of piperidine rings is 1. The summed E-state index contributed by atoms with van der Waals surface area (Å²) >= 11 is 0. The second kappa shape index (κ2) is 14.0. The summed E-state index contributed by atoms with van der Waals surface area (Å²) in [6.45, 7) is 11.1. The molecule has 3 saturated heterocycles. The fraction of sp³-hybridized carbons (Fsp3) is 0.469. The molecule has 1 aromatic heterocycles. The molecule has 6 rings (SSSR count). The molecule has 12 heteroatoms. The van der Waals surface area contributed by atoms with Crippen LogP contribution < -0.4 is 20.4 Å². The molecule has 2 aromatic carbocycles. The maximum Gasteiger partial charge on any atom is 0.323 e. The van der Waals surface area contributed by atoms with Gasteiger partial charge in [-0.3, -0.25) is 4.79 Å². The highest BCUT2D eigenvalue weighted by Gasteiger charge is 2.22. The van der Waals surface area contributed by atoms with Crippen molar-refractivity contribution in [3.8, 4) is 11.4 Å². The number of carbonyl (C=O) groups is 2. The fourth-order valence-electron chi connectivity index (χ4n) is 5.77. The largest absolute Gasteiger partial charge is 0.378 e. The minimum Gasteiger partial charge on any atom is -0.378 e. The molecule has 0 radical (unpaired) electrons. The van der Waals surface area contributed by atoms with Gasteiger partial charge in [0, 0.05) is 74.9 Å². The van der Waals surface area contributed by atoms with Gasteiger partial charge in [0.25, 0.3) is 5.91 Å². The molecule has 3 aliphatic heterocycles. The van der Waals surface area contributed by atoms with E-state index in [1.54, 1.807) is 24.3 Å². The number of morpholine rings is 1. The highest BCUT2D eigenvalue weighted by atomic mass is 16.5. The van der Waals surface area contributed by atoms with Crippen molar-refractivity contribution in [1.82, 2.24) is 24.8 Å². The van der Waals surface area contributed by atoms with Crippen molar-refractivity contribution in [1.29, 1.82) is 0 Å². The third kappa shape index (κ3) is 7.25. The Morgan fingerprint density at radius 1 is 0.705 bits per heavy atom. The molecular weight excluding hydrogens is 558 g/mol. The highest BCUT2D eigenvalue weighted by molar-refractivity contribution is 6.00. The predicted molar refractivity (Wildman–Crippen MR) is 171 cm³/mol.